The van der Waals surface area contributed by atoms with Crippen LogP contribution < -0.4 is 14.4 Å². The Morgan fingerprint density at radius 2 is 1.65 bits per heavy atom. The van der Waals surface area contributed by atoms with E-state index >= 15 is 0 Å². The summed E-state index contributed by atoms with van der Waals surface area (Å²) in [6.45, 7) is 7.94. The SMILES string of the molecule is CC[C@H](C(=O)N[C@H](CC(C)C)c1ccc(OC)cc1)N(c1ccc(C)cc1)S(C)(=O)=O. The molecule has 2 aromatic carbocycles. The number of carbonyl (C=O) groups excluding carboxylic acids is 1. The van der Waals surface area contributed by atoms with Crippen molar-refractivity contribution in [3.05, 3.63) is 59.7 Å². The number of anilines is 1. The quantitative estimate of drug-likeness (QED) is 0.585. The van der Waals surface area contributed by atoms with Crippen LogP contribution in [0.2, 0.25) is 0 Å². The first-order valence-corrected chi connectivity index (χ1v) is 12.4. The van der Waals surface area contributed by atoms with Gasteiger partial charge in [-0.05, 0) is 55.5 Å². The molecule has 0 radical (unpaired) electrons. The van der Waals surface area contributed by atoms with Crippen LogP contribution in [0.1, 0.15) is 50.8 Å². The lowest BCUT2D eigenvalue weighted by Gasteiger charge is -2.32. The molecule has 170 valence electrons. The van der Waals surface area contributed by atoms with Crippen LogP contribution in [0.25, 0.3) is 0 Å². The molecule has 0 bridgehead atoms. The summed E-state index contributed by atoms with van der Waals surface area (Å²) in [7, 11) is -2.05. The Hall–Kier alpha value is -2.54. The highest BCUT2D eigenvalue weighted by Crippen LogP contribution is 2.26. The van der Waals surface area contributed by atoms with E-state index < -0.39 is 16.1 Å². The Balaban J connectivity index is 2.36. The maximum absolute atomic E-state index is 13.3. The fourth-order valence-electron chi connectivity index (χ4n) is 3.61. The molecule has 2 rings (SSSR count). The fourth-order valence-corrected chi connectivity index (χ4v) is 4.82. The van der Waals surface area contributed by atoms with Crippen molar-refractivity contribution >= 4 is 21.6 Å². The van der Waals surface area contributed by atoms with Crippen molar-refractivity contribution in [3.8, 4) is 5.75 Å². The van der Waals surface area contributed by atoms with E-state index in [-0.39, 0.29) is 11.9 Å². The van der Waals surface area contributed by atoms with E-state index in [9.17, 15) is 13.2 Å². The molecule has 0 spiro atoms. The Kier molecular flexibility index (Phi) is 8.51. The number of amides is 1. The average Bonchev–Trinajstić information content (AvgIpc) is 2.71. The van der Waals surface area contributed by atoms with Gasteiger partial charge in [0, 0.05) is 0 Å². The number of rotatable bonds is 10. The molecule has 0 aromatic heterocycles. The summed E-state index contributed by atoms with van der Waals surface area (Å²) < 4.78 is 31.8. The molecular weight excluding hydrogens is 412 g/mol. The van der Waals surface area contributed by atoms with Gasteiger partial charge in [-0.15, -0.1) is 0 Å². The summed E-state index contributed by atoms with van der Waals surface area (Å²) in [5.74, 6) is 0.776. The van der Waals surface area contributed by atoms with Gasteiger partial charge in [0.15, 0.2) is 0 Å². The topological polar surface area (TPSA) is 75.7 Å². The van der Waals surface area contributed by atoms with E-state index in [0.717, 1.165) is 29.6 Å². The minimum atomic E-state index is -3.66. The number of aryl methyl sites for hydroxylation is 1. The van der Waals surface area contributed by atoms with Gasteiger partial charge in [0.1, 0.15) is 11.8 Å². The van der Waals surface area contributed by atoms with Crippen LogP contribution in [0.3, 0.4) is 0 Å². The Morgan fingerprint density at radius 3 is 2.10 bits per heavy atom. The predicted octanol–water partition coefficient (Wildman–Crippen LogP) is 4.45. The van der Waals surface area contributed by atoms with E-state index in [4.69, 9.17) is 4.74 Å². The smallest absolute Gasteiger partial charge is 0.244 e. The van der Waals surface area contributed by atoms with Crippen LogP contribution in [0.5, 0.6) is 5.75 Å². The number of hydrogen-bond acceptors (Lipinski definition) is 4. The van der Waals surface area contributed by atoms with E-state index in [1.807, 2.05) is 50.2 Å². The number of ether oxygens (including phenoxy) is 1. The number of nitrogens with zero attached hydrogens (tertiary/aromatic N) is 1. The lowest BCUT2D eigenvalue weighted by Crippen LogP contribution is -2.50. The second kappa shape index (κ2) is 10.7. The minimum Gasteiger partial charge on any atom is -0.497 e. The first-order valence-electron chi connectivity index (χ1n) is 10.6. The van der Waals surface area contributed by atoms with Gasteiger partial charge in [0.05, 0.1) is 25.1 Å². The summed E-state index contributed by atoms with van der Waals surface area (Å²) >= 11 is 0. The highest BCUT2D eigenvalue weighted by atomic mass is 32.2. The highest BCUT2D eigenvalue weighted by molar-refractivity contribution is 7.92. The van der Waals surface area contributed by atoms with Crippen LogP contribution in [-0.4, -0.2) is 33.7 Å². The molecule has 0 aliphatic heterocycles. The third-order valence-electron chi connectivity index (χ3n) is 5.16. The number of nitrogens with one attached hydrogen (secondary N) is 1. The maximum Gasteiger partial charge on any atom is 0.244 e. The molecular formula is C24H34N2O4S. The van der Waals surface area contributed by atoms with E-state index in [1.54, 1.807) is 19.2 Å². The van der Waals surface area contributed by atoms with Gasteiger partial charge in [0.25, 0.3) is 0 Å². The molecule has 0 saturated carbocycles. The molecule has 31 heavy (non-hydrogen) atoms. The zero-order chi connectivity index (χ0) is 23.2. The lowest BCUT2D eigenvalue weighted by atomic mass is 9.96. The molecule has 7 heteroatoms. The predicted molar refractivity (Wildman–Crippen MR) is 126 cm³/mol. The molecule has 0 unspecified atom stereocenters. The van der Waals surface area contributed by atoms with Gasteiger partial charge in [-0.3, -0.25) is 9.10 Å². The molecule has 2 aromatic rings. The molecule has 1 amide bonds. The third kappa shape index (κ3) is 6.72. The molecule has 1 N–H and O–H groups in total. The molecule has 0 aliphatic carbocycles. The van der Waals surface area contributed by atoms with Crippen LogP contribution >= 0.6 is 0 Å². The summed E-state index contributed by atoms with van der Waals surface area (Å²) in [6.07, 6.45) is 2.22. The zero-order valence-electron chi connectivity index (χ0n) is 19.3. The molecule has 2 atom stereocenters. The first kappa shape index (κ1) is 24.7. The van der Waals surface area contributed by atoms with Gasteiger partial charge >= 0.3 is 0 Å². The summed E-state index contributed by atoms with van der Waals surface area (Å²) in [4.78, 5) is 13.3. The second-order valence-electron chi connectivity index (χ2n) is 8.28. The van der Waals surface area contributed by atoms with E-state index in [2.05, 4.69) is 19.2 Å². The van der Waals surface area contributed by atoms with Gasteiger partial charge in [-0.25, -0.2) is 8.42 Å². The number of methoxy groups -OCH3 is 1. The minimum absolute atomic E-state index is 0.230. The molecule has 0 fully saturated rings. The Morgan fingerprint density at radius 1 is 1.06 bits per heavy atom. The largest absolute Gasteiger partial charge is 0.497 e. The molecule has 0 aliphatic rings. The molecule has 0 heterocycles. The summed E-state index contributed by atoms with van der Waals surface area (Å²) in [6, 6.07) is 13.7. The molecule has 0 saturated heterocycles. The second-order valence-corrected chi connectivity index (χ2v) is 10.1. The van der Waals surface area contributed by atoms with Gasteiger partial charge in [0.2, 0.25) is 15.9 Å². The zero-order valence-corrected chi connectivity index (χ0v) is 20.1. The summed E-state index contributed by atoms with van der Waals surface area (Å²) in [5, 5.41) is 3.10. The fraction of sp³-hybridized carbons (Fsp3) is 0.458. The third-order valence-corrected chi connectivity index (χ3v) is 6.34. The highest BCUT2D eigenvalue weighted by Gasteiger charge is 2.32. The van der Waals surface area contributed by atoms with Gasteiger partial charge < -0.3 is 10.1 Å². The standard InChI is InChI=1S/C24H34N2O4S/c1-7-23(26(31(6,28)29)20-12-8-18(4)9-13-20)24(27)25-22(16-17(2)3)19-10-14-21(30-5)15-11-19/h8-15,17,22-23H,7,16H2,1-6H3,(H,25,27)/t22-,23-/m1/s1. The maximum atomic E-state index is 13.3. The van der Waals surface area contributed by atoms with Gasteiger partial charge in [-0.1, -0.05) is 50.6 Å². The number of carbonyl (C=O) groups is 1. The van der Waals surface area contributed by atoms with Crippen molar-refractivity contribution < 1.29 is 17.9 Å². The van der Waals surface area contributed by atoms with E-state index in [0.29, 0.717) is 18.0 Å². The van der Waals surface area contributed by atoms with Crippen molar-refractivity contribution in [2.45, 2.75) is 52.6 Å². The Labute approximate surface area is 186 Å². The van der Waals surface area contributed by atoms with Crippen molar-refractivity contribution in [2.24, 2.45) is 5.92 Å². The van der Waals surface area contributed by atoms with Crippen molar-refractivity contribution in [3.63, 3.8) is 0 Å². The molecule has 6 nitrogen and oxygen atoms in total. The first-order chi connectivity index (χ1) is 14.6. The normalized spacial score (nSPS) is 13.5. The van der Waals surface area contributed by atoms with Crippen molar-refractivity contribution in [1.29, 1.82) is 0 Å². The van der Waals surface area contributed by atoms with Crippen LogP contribution in [0.15, 0.2) is 48.5 Å². The number of sulfonamides is 1. The number of hydrogen-bond donors (Lipinski definition) is 1. The van der Waals surface area contributed by atoms with Gasteiger partial charge in [-0.2, -0.15) is 0 Å². The lowest BCUT2D eigenvalue weighted by molar-refractivity contribution is -0.123. The average molecular weight is 447 g/mol. The van der Waals surface area contributed by atoms with Crippen molar-refractivity contribution in [2.75, 3.05) is 17.7 Å². The van der Waals surface area contributed by atoms with Crippen molar-refractivity contribution in [1.82, 2.24) is 5.32 Å². The Bertz CT molecular complexity index is 954. The number of benzene rings is 2. The van der Waals surface area contributed by atoms with Crippen LogP contribution in [0, 0.1) is 12.8 Å². The van der Waals surface area contributed by atoms with E-state index in [1.165, 1.54) is 4.31 Å². The summed E-state index contributed by atoms with van der Waals surface area (Å²) in [5.41, 5.74) is 2.46. The monoisotopic (exact) mass is 446 g/mol. The van der Waals surface area contributed by atoms with Crippen LogP contribution in [-0.2, 0) is 14.8 Å². The van der Waals surface area contributed by atoms with Crippen LogP contribution in [0.4, 0.5) is 5.69 Å².